The van der Waals surface area contributed by atoms with Gasteiger partial charge in [-0.05, 0) is 62.4 Å². The van der Waals surface area contributed by atoms with E-state index in [0.29, 0.717) is 19.6 Å². The first-order chi connectivity index (χ1) is 20.7. The highest BCUT2D eigenvalue weighted by atomic mass is 16.5. The summed E-state index contributed by atoms with van der Waals surface area (Å²) in [5, 5.41) is 13.3. The zero-order chi connectivity index (χ0) is 30.8. The monoisotopic (exact) mass is 584 g/mol. The second-order valence-electron chi connectivity index (χ2n) is 11.8. The first-order valence-corrected chi connectivity index (χ1v) is 15.0. The van der Waals surface area contributed by atoms with E-state index in [-0.39, 0.29) is 18.6 Å². The van der Waals surface area contributed by atoms with E-state index in [1.165, 1.54) is 0 Å². The number of amides is 2. The molecule has 1 unspecified atom stereocenters. The minimum Gasteiger partial charge on any atom is -0.395 e. The Morgan fingerprint density at radius 1 is 1.12 bits per heavy atom. The number of aliphatic hydroxyl groups is 1. The van der Waals surface area contributed by atoms with E-state index in [0.717, 1.165) is 35.2 Å². The van der Waals surface area contributed by atoms with Crippen molar-refractivity contribution in [2.24, 2.45) is 11.1 Å². The maximum Gasteiger partial charge on any atom is 0.248 e. The summed E-state index contributed by atoms with van der Waals surface area (Å²) < 4.78 is 6.07. The van der Waals surface area contributed by atoms with Crippen molar-refractivity contribution < 1.29 is 19.4 Å². The summed E-state index contributed by atoms with van der Waals surface area (Å²) in [6.07, 6.45) is 7.53. The number of hydrogen-bond donors (Lipinski definition) is 3. The van der Waals surface area contributed by atoms with Gasteiger partial charge in [-0.15, -0.1) is 0 Å². The molecular weight excluding hydrogens is 540 g/mol. The van der Waals surface area contributed by atoms with Crippen LogP contribution in [0.15, 0.2) is 91.1 Å². The van der Waals surface area contributed by atoms with Crippen molar-refractivity contribution in [1.82, 2.24) is 15.2 Å². The minimum atomic E-state index is -0.880. The molecule has 1 aromatic heterocycles. The predicted octanol–water partition coefficient (Wildman–Crippen LogP) is 4.27. The Kier molecular flexibility index (Phi) is 11.2. The van der Waals surface area contributed by atoms with Crippen LogP contribution in [-0.2, 0) is 27.4 Å². The van der Waals surface area contributed by atoms with Gasteiger partial charge < -0.3 is 25.8 Å². The van der Waals surface area contributed by atoms with Gasteiger partial charge >= 0.3 is 0 Å². The van der Waals surface area contributed by atoms with Crippen molar-refractivity contribution in [2.75, 3.05) is 13.2 Å². The van der Waals surface area contributed by atoms with Crippen LogP contribution in [0.2, 0.25) is 0 Å². The zero-order valence-corrected chi connectivity index (χ0v) is 25.4. The summed E-state index contributed by atoms with van der Waals surface area (Å²) in [6, 6.07) is 22.0. The molecule has 0 radical (unpaired) electrons. The van der Waals surface area contributed by atoms with Crippen LogP contribution in [0.4, 0.5) is 0 Å². The molecule has 1 aliphatic rings. The average molecular weight is 585 g/mol. The molecule has 1 saturated heterocycles. The van der Waals surface area contributed by atoms with Crippen molar-refractivity contribution >= 4 is 11.8 Å². The van der Waals surface area contributed by atoms with Gasteiger partial charge in [0.25, 0.3) is 0 Å². The number of carbonyl (C=O) groups excluding carboxylic acids is 2. The van der Waals surface area contributed by atoms with Crippen molar-refractivity contribution in [1.29, 1.82) is 0 Å². The van der Waals surface area contributed by atoms with E-state index < -0.39 is 29.5 Å². The number of nitrogens with zero attached hydrogens (tertiary/aromatic N) is 2. The number of pyridine rings is 1. The van der Waals surface area contributed by atoms with Gasteiger partial charge in [-0.2, -0.15) is 0 Å². The quantitative estimate of drug-likeness (QED) is 0.258. The molecule has 1 fully saturated rings. The molecule has 1 aliphatic heterocycles. The van der Waals surface area contributed by atoms with Gasteiger partial charge in [0, 0.05) is 23.7 Å². The lowest BCUT2D eigenvalue weighted by molar-refractivity contribution is -0.141. The summed E-state index contributed by atoms with van der Waals surface area (Å²) in [5.41, 5.74) is 9.30. The number of carbonyl (C=O) groups is 2. The van der Waals surface area contributed by atoms with Crippen LogP contribution in [-0.4, -0.2) is 64.2 Å². The third-order valence-electron chi connectivity index (χ3n) is 7.96. The number of rotatable bonds is 13. The molecule has 0 bridgehead atoms. The molecular formula is C35H44N4O4. The molecule has 4 N–H and O–H groups in total. The van der Waals surface area contributed by atoms with E-state index in [9.17, 15) is 14.7 Å². The van der Waals surface area contributed by atoms with E-state index in [1.54, 1.807) is 20.0 Å². The van der Waals surface area contributed by atoms with Gasteiger partial charge in [-0.25, -0.2) is 0 Å². The highest BCUT2D eigenvalue weighted by Gasteiger charge is 2.37. The summed E-state index contributed by atoms with van der Waals surface area (Å²) in [6.45, 7) is 6.26. The molecule has 3 aromatic rings. The number of ether oxygens (including phenoxy) is 1. The third-order valence-corrected chi connectivity index (χ3v) is 7.96. The molecule has 2 amide bonds. The van der Waals surface area contributed by atoms with E-state index in [4.69, 9.17) is 10.5 Å². The summed E-state index contributed by atoms with van der Waals surface area (Å²) in [4.78, 5) is 32.8. The molecule has 43 heavy (non-hydrogen) atoms. The Morgan fingerprint density at radius 3 is 2.56 bits per heavy atom. The lowest BCUT2D eigenvalue weighted by Crippen LogP contribution is -2.57. The van der Waals surface area contributed by atoms with E-state index in [2.05, 4.69) is 22.4 Å². The number of hydrogen-bond acceptors (Lipinski definition) is 6. The van der Waals surface area contributed by atoms with Gasteiger partial charge in [0.2, 0.25) is 11.8 Å². The molecule has 4 rings (SSSR count). The van der Waals surface area contributed by atoms with Gasteiger partial charge in [0.05, 0.1) is 37.1 Å². The number of benzene rings is 2. The maximum absolute atomic E-state index is 13.9. The minimum absolute atomic E-state index is 0.0462. The maximum atomic E-state index is 13.9. The summed E-state index contributed by atoms with van der Waals surface area (Å²) >= 11 is 0. The normalized spacial score (nSPS) is 18.6. The fraction of sp³-hybridized carbons (Fsp3) is 0.400. The van der Waals surface area contributed by atoms with Gasteiger partial charge in [0.15, 0.2) is 0 Å². The van der Waals surface area contributed by atoms with Crippen LogP contribution in [0.25, 0.3) is 11.3 Å². The van der Waals surface area contributed by atoms with Gasteiger partial charge in [0.1, 0.15) is 6.04 Å². The highest BCUT2D eigenvalue weighted by Crippen LogP contribution is 2.29. The van der Waals surface area contributed by atoms with Crippen LogP contribution in [0.1, 0.15) is 44.7 Å². The number of aromatic nitrogens is 1. The highest BCUT2D eigenvalue weighted by molar-refractivity contribution is 5.90. The van der Waals surface area contributed by atoms with Crippen molar-refractivity contribution in [2.45, 2.75) is 70.9 Å². The van der Waals surface area contributed by atoms with Crippen LogP contribution in [0.3, 0.4) is 0 Å². The topological polar surface area (TPSA) is 118 Å². The lowest BCUT2D eigenvalue weighted by atomic mass is 9.83. The molecule has 0 saturated carbocycles. The number of aliphatic hydroxyl groups excluding tert-OH is 1. The van der Waals surface area contributed by atoms with Crippen molar-refractivity contribution in [3.05, 3.63) is 102 Å². The zero-order valence-electron chi connectivity index (χ0n) is 25.4. The Morgan fingerprint density at radius 2 is 1.86 bits per heavy atom. The number of likely N-dealkylation sites (tertiary alicyclic amines) is 1. The van der Waals surface area contributed by atoms with Crippen LogP contribution >= 0.6 is 0 Å². The Bertz CT molecular complexity index is 1360. The summed E-state index contributed by atoms with van der Waals surface area (Å²) in [5.74, 6) is -0.601. The molecule has 8 nitrogen and oxygen atoms in total. The molecule has 0 aliphatic carbocycles. The average Bonchev–Trinajstić information content (AvgIpc) is 3.51. The number of nitrogens with one attached hydrogen (secondary N) is 1. The second-order valence-corrected chi connectivity index (χ2v) is 11.8. The largest absolute Gasteiger partial charge is 0.395 e. The van der Waals surface area contributed by atoms with Crippen molar-refractivity contribution in [3.63, 3.8) is 0 Å². The van der Waals surface area contributed by atoms with Crippen molar-refractivity contribution in [3.8, 4) is 11.3 Å². The molecule has 5 atom stereocenters. The Labute approximate surface area is 255 Å². The fourth-order valence-corrected chi connectivity index (χ4v) is 5.36. The predicted molar refractivity (Wildman–Crippen MR) is 169 cm³/mol. The molecule has 228 valence electrons. The van der Waals surface area contributed by atoms with E-state index in [1.807, 2.05) is 84.6 Å². The number of nitrogens with two attached hydrogens (primary N) is 1. The first-order valence-electron chi connectivity index (χ1n) is 15.0. The van der Waals surface area contributed by atoms with Crippen LogP contribution in [0, 0.1) is 5.41 Å². The van der Waals surface area contributed by atoms with Crippen LogP contribution < -0.4 is 11.1 Å². The molecule has 2 heterocycles. The van der Waals surface area contributed by atoms with E-state index >= 15 is 0 Å². The van der Waals surface area contributed by atoms with Gasteiger partial charge in [-0.3, -0.25) is 14.6 Å². The molecule has 8 heteroatoms. The Hall–Kier alpha value is -3.85. The lowest BCUT2D eigenvalue weighted by Gasteiger charge is -2.32. The molecule has 0 spiro atoms. The van der Waals surface area contributed by atoms with Gasteiger partial charge in [-0.1, -0.05) is 73.7 Å². The smallest absolute Gasteiger partial charge is 0.248 e. The SMILES string of the molecule is CC(OCc1ccccc1)[C@H](NC(=O)[C@H](C)N)C(=O)N1CCC[C@H]1/C=C/[C@](C)(CO)Cc1cccc(-c2ccccn2)c1. The molecule has 2 aromatic carbocycles. The first kappa shape index (κ1) is 32.1. The Balaban J connectivity index is 1.47. The second kappa shape index (κ2) is 15.0. The third kappa shape index (κ3) is 8.83. The van der Waals surface area contributed by atoms with Crippen LogP contribution in [0.5, 0.6) is 0 Å². The standard InChI is InChI=1S/C35H44N4O4/c1-25(36)33(41)38-32(26(2)43-23-27-11-5-4-6-12-27)34(42)39-20-10-15-30(39)17-18-35(3,24-40)22-28-13-9-14-29(21-28)31-16-7-8-19-37-31/h4-9,11-14,16-19,21,25-26,30,32,40H,10,15,20,22-24,36H2,1-3H3,(H,38,41)/b18-17+/t25-,26?,30-,32-,35-/m0/s1. The fourth-order valence-electron chi connectivity index (χ4n) is 5.36. The summed E-state index contributed by atoms with van der Waals surface area (Å²) in [7, 11) is 0.